The smallest absolute Gasteiger partial charge is 0.354 e. The van der Waals surface area contributed by atoms with Crippen LogP contribution in [0.2, 0.25) is 0 Å². The van der Waals surface area contributed by atoms with Crippen molar-refractivity contribution in [1.29, 1.82) is 0 Å². The molecular formula is C13H15N3O2. The van der Waals surface area contributed by atoms with Gasteiger partial charge in [0.1, 0.15) is 0 Å². The maximum atomic E-state index is 11.1. The summed E-state index contributed by atoms with van der Waals surface area (Å²) in [5, 5.41) is 13.5. The highest BCUT2D eigenvalue weighted by atomic mass is 16.4. The highest BCUT2D eigenvalue weighted by Gasteiger charge is 2.14. The van der Waals surface area contributed by atoms with Gasteiger partial charge in [-0.05, 0) is 32.4 Å². The first-order valence-electron chi connectivity index (χ1n) is 5.68. The van der Waals surface area contributed by atoms with Crippen LogP contribution >= 0.6 is 0 Å². The number of nitrogens with zero attached hydrogens (tertiary/aromatic N) is 3. The van der Waals surface area contributed by atoms with Crippen LogP contribution in [0.5, 0.6) is 0 Å². The molecule has 5 heteroatoms. The van der Waals surface area contributed by atoms with E-state index in [1.165, 1.54) is 6.20 Å². The molecule has 2 aromatic heterocycles. The predicted octanol–water partition coefficient (Wildman–Crippen LogP) is 1.95. The molecule has 18 heavy (non-hydrogen) atoms. The zero-order chi connectivity index (χ0) is 13.3. The second-order valence-corrected chi connectivity index (χ2v) is 4.27. The summed E-state index contributed by atoms with van der Waals surface area (Å²) < 4.78 is 1.81. The highest BCUT2D eigenvalue weighted by molar-refractivity contribution is 5.86. The van der Waals surface area contributed by atoms with Crippen molar-refractivity contribution in [3.63, 3.8) is 0 Å². The minimum absolute atomic E-state index is 0.0858. The lowest BCUT2D eigenvalue weighted by Crippen LogP contribution is -2.11. The van der Waals surface area contributed by atoms with Crippen LogP contribution in [-0.4, -0.2) is 25.8 Å². The van der Waals surface area contributed by atoms with Gasteiger partial charge in [0.2, 0.25) is 0 Å². The Labute approximate surface area is 105 Å². The van der Waals surface area contributed by atoms with Gasteiger partial charge >= 0.3 is 5.97 Å². The Bertz CT molecular complexity index is 602. The van der Waals surface area contributed by atoms with Gasteiger partial charge in [0.15, 0.2) is 5.69 Å². The first kappa shape index (κ1) is 12.3. The summed E-state index contributed by atoms with van der Waals surface area (Å²) in [7, 11) is 0. The van der Waals surface area contributed by atoms with Gasteiger partial charge in [0.05, 0.1) is 12.2 Å². The molecule has 0 fully saturated rings. The average molecular weight is 245 g/mol. The third-order valence-corrected chi connectivity index (χ3v) is 3.16. The minimum Gasteiger partial charge on any atom is -0.477 e. The van der Waals surface area contributed by atoms with E-state index in [0.29, 0.717) is 12.1 Å². The first-order valence-corrected chi connectivity index (χ1v) is 5.68. The van der Waals surface area contributed by atoms with Crippen LogP contribution < -0.4 is 0 Å². The van der Waals surface area contributed by atoms with Gasteiger partial charge in [0.25, 0.3) is 0 Å². The Kier molecular flexibility index (Phi) is 3.14. The molecule has 0 atom stereocenters. The van der Waals surface area contributed by atoms with E-state index in [2.05, 4.69) is 10.1 Å². The molecule has 0 aliphatic heterocycles. The Hall–Kier alpha value is -2.17. The van der Waals surface area contributed by atoms with Gasteiger partial charge in [-0.2, -0.15) is 5.10 Å². The number of carboxylic acid groups (broad SMARTS) is 1. The van der Waals surface area contributed by atoms with Crippen molar-refractivity contribution in [1.82, 2.24) is 14.8 Å². The van der Waals surface area contributed by atoms with E-state index < -0.39 is 5.97 Å². The standard InChI is InChI=1S/C13H15N3O2/c1-8-9(2)15-16(10(8)3)7-11-5-4-6-14-12(11)13(17)18/h4-6H,7H2,1-3H3,(H,17,18). The average Bonchev–Trinajstić information content (AvgIpc) is 2.57. The van der Waals surface area contributed by atoms with Crippen LogP contribution in [0.25, 0.3) is 0 Å². The molecule has 0 aromatic carbocycles. The number of hydrogen-bond donors (Lipinski definition) is 1. The van der Waals surface area contributed by atoms with Crippen LogP contribution in [0.15, 0.2) is 18.3 Å². The normalized spacial score (nSPS) is 10.6. The summed E-state index contributed by atoms with van der Waals surface area (Å²) in [6, 6.07) is 3.50. The molecule has 2 aromatic rings. The number of hydrogen-bond acceptors (Lipinski definition) is 3. The summed E-state index contributed by atoms with van der Waals surface area (Å²) in [6.07, 6.45) is 1.49. The van der Waals surface area contributed by atoms with Crippen molar-refractivity contribution < 1.29 is 9.90 Å². The molecule has 5 nitrogen and oxygen atoms in total. The van der Waals surface area contributed by atoms with E-state index in [-0.39, 0.29) is 5.69 Å². The fraction of sp³-hybridized carbons (Fsp3) is 0.308. The number of aromatic carboxylic acids is 1. The molecule has 0 aliphatic carbocycles. The van der Waals surface area contributed by atoms with Crippen LogP contribution in [-0.2, 0) is 6.54 Å². The third-order valence-electron chi connectivity index (χ3n) is 3.16. The number of aryl methyl sites for hydroxylation is 1. The molecule has 0 spiro atoms. The van der Waals surface area contributed by atoms with Gasteiger partial charge in [0, 0.05) is 17.5 Å². The summed E-state index contributed by atoms with van der Waals surface area (Å²) in [6.45, 7) is 6.36. The quantitative estimate of drug-likeness (QED) is 0.897. The highest BCUT2D eigenvalue weighted by Crippen LogP contribution is 2.14. The molecule has 0 aliphatic rings. The van der Waals surface area contributed by atoms with Crippen molar-refractivity contribution in [2.24, 2.45) is 0 Å². The number of carbonyl (C=O) groups is 1. The number of carboxylic acids is 1. The van der Waals surface area contributed by atoms with E-state index in [0.717, 1.165) is 17.0 Å². The molecule has 2 heterocycles. The predicted molar refractivity (Wildman–Crippen MR) is 66.7 cm³/mol. The Balaban J connectivity index is 2.40. The van der Waals surface area contributed by atoms with Crippen LogP contribution in [0, 0.1) is 20.8 Å². The van der Waals surface area contributed by atoms with Crippen LogP contribution in [0.4, 0.5) is 0 Å². The van der Waals surface area contributed by atoms with Gasteiger partial charge in [-0.15, -0.1) is 0 Å². The molecule has 1 N–H and O–H groups in total. The zero-order valence-corrected chi connectivity index (χ0v) is 10.6. The molecule has 0 saturated heterocycles. The number of rotatable bonds is 3. The minimum atomic E-state index is -1.01. The summed E-state index contributed by atoms with van der Waals surface area (Å²) >= 11 is 0. The molecular weight excluding hydrogens is 230 g/mol. The van der Waals surface area contributed by atoms with Gasteiger partial charge in [-0.25, -0.2) is 9.78 Å². The van der Waals surface area contributed by atoms with Crippen molar-refractivity contribution in [2.45, 2.75) is 27.3 Å². The fourth-order valence-corrected chi connectivity index (χ4v) is 1.86. The third kappa shape index (κ3) is 2.11. The molecule has 0 radical (unpaired) electrons. The summed E-state index contributed by atoms with van der Waals surface area (Å²) in [4.78, 5) is 15.0. The molecule has 0 bridgehead atoms. The van der Waals surface area contributed by atoms with E-state index in [1.807, 2.05) is 25.5 Å². The van der Waals surface area contributed by atoms with Crippen molar-refractivity contribution in [3.05, 3.63) is 46.5 Å². The number of aromatic nitrogens is 3. The topological polar surface area (TPSA) is 68.0 Å². The van der Waals surface area contributed by atoms with Crippen molar-refractivity contribution >= 4 is 5.97 Å². The molecule has 0 unspecified atom stereocenters. The SMILES string of the molecule is Cc1nn(Cc2cccnc2C(=O)O)c(C)c1C. The lowest BCUT2D eigenvalue weighted by atomic mass is 10.2. The molecule has 94 valence electrons. The number of pyridine rings is 1. The van der Waals surface area contributed by atoms with E-state index in [9.17, 15) is 4.79 Å². The van der Waals surface area contributed by atoms with Crippen molar-refractivity contribution in [2.75, 3.05) is 0 Å². The van der Waals surface area contributed by atoms with Crippen LogP contribution in [0.1, 0.15) is 33.0 Å². The monoisotopic (exact) mass is 245 g/mol. The summed E-state index contributed by atoms with van der Waals surface area (Å²) in [5.74, 6) is -1.01. The van der Waals surface area contributed by atoms with E-state index in [1.54, 1.807) is 12.1 Å². The molecule has 2 rings (SSSR count). The second kappa shape index (κ2) is 4.60. The molecule has 0 amide bonds. The maximum absolute atomic E-state index is 11.1. The maximum Gasteiger partial charge on any atom is 0.354 e. The zero-order valence-electron chi connectivity index (χ0n) is 10.6. The Morgan fingerprint density at radius 3 is 2.67 bits per heavy atom. The van der Waals surface area contributed by atoms with E-state index in [4.69, 9.17) is 5.11 Å². The van der Waals surface area contributed by atoms with Gasteiger partial charge in [-0.3, -0.25) is 4.68 Å². The summed E-state index contributed by atoms with van der Waals surface area (Å²) in [5.41, 5.74) is 3.90. The van der Waals surface area contributed by atoms with E-state index >= 15 is 0 Å². The molecule has 0 saturated carbocycles. The lowest BCUT2D eigenvalue weighted by Gasteiger charge is -2.07. The largest absolute Gasteiger partial charge is 0.477 e. The first-order chi connectivity index (χ1) is 8.50. The van der Waals surface area contributed by atoms with Gasteiger partial charge in [-0.1, -0.05) is 6.07 Å². The van der Waals surface area contributed by atoms with Gasteiger partial charge < -0.3 is 5.11 Å². The Morgan fingerprint density at radius 1 is 1.39 bits per heavy atom. The second-order valence-electron chi connectivity index (χ2n) is 4.27. The fourth-order valence-electron chi connectivity index (χ4n) is 1.86. The van der Waals surface area contributed by atoms with Crippen LogP contribution in [0.3, 0.4) is 0 Å². The lowest BCUT2D eigenvalue weighted by molar-refractivity contribution is 0.0689. The Morgan fingerprint density at radius 2 is 2.11 bits per heavy atom. The van der Waals surface area contributed by atoms with Crippen molar-refractivity contribution in [3.8, 4) is 0 Å².